The molecule has 2 aliphatic heterocycles. The molecule has 2 saturated heterocycles. The first kappa shape index (κ1) is 14.9. The van der Waals surface area contributed by atoms with Crippen LogP contribution in [-0.2, 0) is 4.74 Å². The summed E-state index contributed by atoms with van der Waals surface area (Å²) in [6.45, 7) is 5.13. The van der Waals surface area contributed by atoms with Gasteiger partial charge in [0.2, 0.25) is 5.88 Å². The average Bonchev–Trinajstić information content (AvgIpc) is 3.17. The highest BCUT2D eigenvalue weighted by molar-refractivity contribution is 5.28. The summed E-state index contributed by atoms with van der Waals surface area (Å²) in [6, 6.07) is 5.57. The largest absolute Gasteiger partial charge is 0.478 e. The van der Waals surface area contributed by atoms with Crippen molar-refractivity contribution in [2.75, 3.05) is 32.8 Å². The Balaban J connectivity index is 1.24. The zero-order valence-electron chi connectivity index (χ0n) is 13.4. The molecule has 1 aromatic rings. The van der Waals surface area contributed by atoms with E-state index in [0.717, 1.165) is 25.5 Å². The summed E-state index contributed by atoms with van der Waals surface area (Å²) in [6.07, 6.45) is 5.84. The minimum atomic E-state index is 0.437. The van der Waals surface area contributed by atoms with Crippen LogP contribution in [0.25, 0.3) is 0 Å². The van der Waals surface area contributed by atoms with Gasteiger partial charge in [0.15, 0.2) is 0 Å². The molecule has 3 heterocycles. The van der Waals surface area contributed by atoms with Gasteiger partial charge in [0, 0.05) is 37.8 Å². The van der Waals surface area contributed by atoms with Gasteiger partial charge in [-0.1, -0.05) is 0 Å². The number of nitriles is 1. The number of hydrogen-bond acceptors (Lipinski definition) is 5. The van der Waals surface area contributed by atoms with Crippen LogP contribution in [0, 0.1) is 29.1 Å². The first-order chi connectivity index (χ1) is 11.3. The molecular formula is C18H23N3O2. The third kappa shape index (κ3) is 3.49. The van der Waals surface area contributed by atoms with Gasteiger partial charge in [-0.05, 0) is 37.2 Å². The molecular weight excluding hydrogens is 290 g/mol. The molecule has 122 valence electrons. The van der Waals surface area contributed by atoms with Crippen LogP contribution in [-0.4, -0.2) is 48.8 Å². The minimum Gasteiger partial charge on any atom is -0.478 e. The quantitative estimate of drug-likeness (QED) is 0.805. The summed E-state index contributed by atoms with van der Waals surface area (Å²) in [5, 5.41) is 8.77. The van der Waals surface area contributed by atoms with Gasteiger partial charge in [-0.25, -0.2) is 4.98 Å². The highest BCUT2D eigenvalue weighted by Gasteiger charge is 2.44. The number of aromatic nitrogens is 1. The SMILES string of the molecule is N#Cc1ccc(OCC[C@H]2CO[C@H]3CN(CC4CC4)C[C@@H]23)nc1. The van der Waals surface area contributed by atoms with Gasteiger partial charge in [-0.15, -0.1) is 0 Å². The van der Waals surface area contributed by atoms with Gasteiger partial charge in [0.25, 0.3) is 0 Å². The fourth-order valence-corrected chi connectivity index (χ4v) is 3.84. The number of nitrogens with zero attached hydrogens (tertiary/aromatic N) is 3. The van der Waals surface area contributed by atoms with Crippen LogP contribution in [0.15, 0.2) is 18.3 Å². The number of hydrogen-bond donors (Lipinski definition) is 0. The van der Waals surface area contributed by atoms with Crippen molar-refractivity contribution in [2.24, 2.45) is 17.8 Å². The zero-order chi connectivity index (χ0) is 15.6. The van der Waals surface area contributed by atoms with Gasteiger partial charge in [-0.2, -0.15) is 5.26 Å². The van der Waals surface area contributed by atoms with Crippen molar-refractivity contribution in [3.63, 3.8) is 0 Å². The molecule has 1 aliphatic carbocycles. The van der Waals surface area contributed by atoms with Crippen molar-refractivity contribution in [3.8, 4) is 11.9 Å². The van der Waals surface area contributed by atoms with Gasteiger partial charge in [0.1, 0.15) is 6.07 Å². The summed E-state index contributed by atoms with van der Waals surface area (Å²) >= 11 is 0. The number of ether oxygens (including phenoxy) is 2. The van der Waals surface area contributed by atoms with E-state index in [-0.39, 0.29) is 0 Å². The van der Waals surface area contributed by atoms with Crippen LogP contribution in [0.3, 0.4) is 0 Å². The first-order valence-electron chi connectivity index (χ1n) is 8.65. The fourth-order valence-electron chi connectivity index (χ4n) is 3.84. The monoisotopic (exact) mass is 313 g/mol. The van der Waals surface area contributed by atoms with Crippen LogP contribution in [0.1, 0.15) is 24.8 Å². The Labute approximate surface area is 137 Å². The van der Waals surface area contributed by atoms with Crippen molar-refractivity contribution in [1.82, 2.24) is 9.88 Å². The normalized spacial score (nSPS) is 30.1. The molecule has 5 heteroatoms. The summed E-state index contributed by atoms with van der Waals surface area (Å²) in [5.41, 5.74) is 0.561. The molecule has 0 radical (unpaired) electrons. The van der Waals surface area contributed by atoms with Gasteiger partial charge in [0.05, 0.1) is 24.9 Å². The second kappa shape index (κ2) is 6.46. The zero-order valence-corrected chi connectivity index (χ0v) is 13.4. The third-order valence-corrected chi connectivity index (χ3v) is 5.33. The summed E-state index contributed by atoms with van der Waals surface area (Å²) in [4.78, 5) is 6.75. The smallest absolute Gasteiger partial charge is 0.213 e. The molecule has 5 nitrogen and oxygen atoms in total. The van der Waals surface area contributed by atoms with E-state index in [4.69, 9.17) is 14.7 Å². The maximum Gasteiger partial charge on any atom is 0.213 e. The van der Waals surface area contributed by atoms with Gasteiger partial charge >= 0.3 is 0 Å². The number of likely N-dealkylation sites (tertiary alicyclic amines) is 1. The molecule has 0 unspecified atom stereocenters. The summed E-state index contributed by atoms with van der Waals surface area (Å²) in [7, 11) is 0. The lowest BCUT2D eigenvalue weighted by molar-refractivity contribution is 0.0926. The molecule has 0 aromatic carbocycles. The van der Waals surface area contributed by atoms with Crippen molar-refractivity contribution < 1.29 is 9.47 Å². The summed E-state index contributed by atoms with van der Waals surface area (Å²) < 4.78 is 11.7. The number of fused-ring (bicyclic) bond motifs is 1. The number of pyridine rings is 1. The maximum atomic E-state index is 8.77. The molecule has 4 rings (SSSR count). The molecule has 3 aliphatic rings. The lowest BCUT2D eigenvalue weighted by Crippen LogP contribution is -2.27. The Morgan fingerprint density at radius 1 is 1.35 bits per heavy atom. The predicted octanol–water partition coefficient (Wildman–Crippen LogP) is 2.08. The highest BCUT2D eigenvalue weighted by Crippen LogP contribution is 2.38. The second-order valence-electron chi connectivity index (χ2n) is 7.09. The van der Waals surface area contributed by atoms with Crippen LogP contribution in [0.4, 0.5) is 0 Å². The van der Waals surface area contributed by atoms with E-state index in [1.54, 1.807) is 18.3 Å². The fraction of sp³-hybridized carbons (Fsp3) is 0.667. The molecule has 0 spiro atoms. The minimum absolute atomic E-state index is 0.437. The van der Waals surface area contributed by atoms with E-state index in [1.807, 2.05) is 0 Å². The Bertz CT molecular complexity index is 579. The highest BCUT2D eigenvalue weighted by atomic mass is 16.5. The van der Waals surface area contributed by atoms with E-state index in [1.165, 1.54) is 25.9 Å². The van der Waals surface area contributed by atoms with Crippen LogP contribution >= 0.6 is 0 Å². The molecule has 23 heavy (non-hydrogen) atoms. The van der Waals surface area contributed by atoms with E-state index in [0.29, 0.717) is 36.0 Å². The molecule has 1 saturated carbocycles. The Morgan fingerprint density at radius 3 is 3.00 bits per heavy atom. The molecule has 0 amide bonds. The molecule has 0 N–H and O–H groups in total. The van der Waals surface area contributed by atoms with E-state index >= 15 is 0 Å². The van der Waals surface area contributed by atoms with Crippen molar-refractivity contribution in [2.45, 2.75) is 25.4 Å². The van der Waals surface area contributed by atoms with Gasteiger partial charge in [-0.3, -0.25) is 0 Å². The van der Waals surface area contributed by atoms with Gasteiger partial charge < -0.3 is 14.4 Å². The Kier molecular flexibility index (Phi) is 4.19. The molecule has 1 aromatic heterocycles. The Hall–Kier alpha value is -1.64. The van der Waals surface area contributed by atoms with Crippen molar-refractivity contribution in [1.29, 1.82) is 5.26 Å². The number of rotatable bonds is 6. The summed E-state index contributed by atoms with van der Waals surface area (Å²) in [5.74, 6) is 2.83. The lowest BCUT2D eigenvalue weighted by atomic mass is 9.91. The first-order valence-corrected chi connectivity index (χ1v) is 8.65. The predicted molar refractivity (Wildman–Crippen MR) is 84.9 cm³/mol. The van der Waals surface area contributed by atoms with E-state index in [2.05, 4.69) is 16.0 Å². The maximum absolute atomic E-state index is 8.77. The van der Waals surface area contributed by atoms with E-state index < -0.39 is 0 Å². The van der Waals surface area contributed by atoms with E-state index in [9.17, 15) is 0 Å². The average molecular weight is 313 g/mol. The Morgan fingerprint density at radius 2 is 2.26 bits per heavy atom. The van der Waals surface area contributed by atoms with Crippen LogP contribution in [0.5, 0.6) is 5.88 Å². The van der Waals surface area contributed by atoms with Crippen molar-refractivity contribution >= 4 is 0 Å². The third-order valence-electron chi connectivity index (χ3n) is 5.33. The lowest BCUT2D eigenvalue weighted by Gasteiger charge is -2.19. The van der Waals surface area contributed by atoms with Crippen LogP contribution in [0.2, 0.25) is 0 Å². The standard InChI is InChI=1S/C18H23N3O2/c19-7-14-3-4-18(20-8-14)22-6-5-15-12-23-17-11-21(10-16(15)17)9-13-1-2-13/h3-4,8,13,15-17H,1-2,5-6,9-12H2/t15-,16-,17-/m0/s1. The van der Waals surface area contributed by atoms with Crippen molar-refractivity contribution in [3.05, 3.63) is 23.9 Å². The van der Waals surface area contributed by atoms with Crippen LogP contribution < -0.4 is 4.74 Å². The molecule has 3 fully saturated rings. The molecule has 3 atom stereocenters. The second-order valence-corrected chi connectivity index (χ2v) is 7.09. The molecule has 0 bridgehead atoms. The topological polar surface area (TPSA) is 58.4 Å².